The molecule has 0 saturated carbocycles. The van der Waals surface area contributed by atoms with E-state index in [-0.39, 0.29) is 24.3 Å². The molecule has 2 amide bonds. The highest BCUT2D eigenvalue weighted by Gasteiger charge is 2.36. The standard InChI is InChI=1S/C27H21BrN2O7/c28-21-10-6-19(7-11-21)27(35)37-22-12-8-17(9-13-22)23(31)16-36-26(34)20-14-24(32)30(15-20)29-25(33)18-4-2-1-3-5-18/h1-13,20H,14-16H2,(H,29,33)/t20-/m0/s1. The number of amides is 2. The lowest BCUT2D eigenvalue weighted by Gasteiger charge is -2.17. The van der Waals surface area contributed by atoms with Gasteiger partial charge in [0.1, 0.15) is 5.75 Å². The lowest BCUT2D eigenvalue weighted by molar-refractivity contribution is -0.147. The molecule has 0 unspecified atom stereocenters. The predicted octanol–water partition coefficient (Wildman–Crippen LogP) is 3.59. The highest BCUT2D eigenvalue weighted by Crippen LogP contribution is 2.19. The third kappa shape index (κ3) is 6.68. The highest BCUT2D eigenvalue weighted by atomic mass is 79.9. The van der Waals surface area contributed by atoms with Gasteiger partial charge >= 0.3 is 11.9 Å². The van der Waals surface area contributed by atoms with Gasteiger partial charge in [0, 0.05) is 22.0 Å². The summed E-state index contributed by atoms with van der Waals surface area (Å²) in [6, 6.07) is 20.9. The van der Waals surface area contributed by atoms with Crippen molar-refractivity contribution in [1.29, 1.82) is 0 Å². The Morgan fingerprint density at radius 1 is 0.865 bits per heavy atom. The van der Waals surface area contributed by atoms with Crippen molar-refractivity contribution in [3.8, 4) is 5.75 Å². The Kier molecular flexibility index (Phi) is 8.09. The fourth-order valence-corrected chi connectivity index (χ4v) is 3.81. The molecular formula is C27H21BrN2O7. The summed E-state index contributed by atoms with van der Waals surface area (Å²) in [5.41, 5.74) is 3.49. The molecule has 9 nitrogen and oxygen atoms in total. The number of carbonyl (C=O) groups excluding carboxylic acids is 5. The van der Waals surface area contributed by atoms with Crippen LogP contribution in [0.5, 0.6) is 5.75 Å². The largest absolute Gasteiger partial charge is 0.457 e. The molecule has 1 heterocycles. The number of ether oxygens (including phenoxy) is 2. The van der Waals surface area contributed by atoms with E-state index in [1.807, 2.05) is 0 Å². The first-order valence-corrected chi connectivity index (χ1v) is 12.0. The van der Waals surface area contributed by atoms with Gasteiger partial charge in [-0.25, -0.2) is 4.79 Å². The summed E-state index contributed by atoms with van der Waals surface area (Å²) in [7, 11) is 0. The molecule has 0 radical (unpaired) electrons. The Hall–Kier alpha value is -4.31. The molecule has 37 heavy (non-hydrogen) atoms. The zero-order valence-corrected chi connectivity index (χ0v) is 21.0. The van der Waals surface area contributed by atoms with Crippen LogP contribution in [-0.4, -0.2) is 47.7 Å². The minimum Gasteiger partial charge on any atom is -0.457 e. The van der Waals surface area contributed by atoms with Crippen LogP contribution in [0.15, 0.2) is 83.3 Å². The van der Waals surface area contributed by atoms with Gasteiger partial charge < -0.3 is 9.47 Å². The maximum absolute atomic E-state index is 12.5. The summed E-state index contributed by atoms with van der Waals surface area (Å²) in [5, 5.41) is 1.08. The normalized spacial score (nSPS) is 14.7. The number of hydrogen-bond acceptors (Lipinski definition) is 7. The van der Waals surface area contributed by atoms with Crippen LogP contribution < -0.4 is 10.2 Å². The van der Waals surface area contributed by atoms with E-state index >= 15 is 0 Å². The first kappa shape index (κ1) is 25.8. The molecule has 1 aliphatic heterocycles. The molecule has 4 rings (SSSR count). The number of benzene rings is 3. The van der Waals surface area contributed by atoms with Crippen molar-refractivity contribution in [1.82, 2.24) is 10.4 Å². The average molecular weight is 565 g/mol. The van der Waals surface area contributed by atoms with E-state index in [0.717, 1.165) is 9.48 Å². The molecule has 10 heteroatoms. The minimum absolute atomic E-state index is 0.0527. The van der Waals surface area contributed by atoms with Gasteiger partial charge in [0.15, 0.2) is 12.4 Å². The Morgan fingerprint density at radius 2 is 1.51 bits per heavy atom. The van der Waals surface area contributed by atoms with Crippen LogP contribution in [0.1, 0.15) is 37.5 Å². The van der Waals surface area contributed by atoms with Crippen molar-refractivity contribution in [2.75, 3.05) is 13.2 Å². The summed E-state index contributed by atoms with van der Waals surface area (Å²) in [4.78, 5) is 61.6. The van der Waals surface area contributed by atoms with E-state index in [1.165, 1.54) is 24.3 Å². The van der Waals surface area contributed by atoms with Crippen LogP contribution in [0.25, 0.3) is 0 Å². The number of Topliss-reactive ketones (excluding diaryl/α,β-unsaturated/α-hetero) is 1. The number of ketones is 1. The van der Waals surface area contributed by atoms with Crippen LogP contribution in [-0.2, 0) is 14.3 Å². The van der Waals surface area contributed by atoms with Crippen molar-refractivity contribution in [3.05, 3.63) is 100 Å². The first-order chi connectivity index (χ1) is 17.8. The fourth-order valence-electron chi connectivity index (χ4n) is 3.55. The Balaban J connectivity index is 1.25. The lowest BCUT2D eigenvalue weighted by atomic mass is 10.1. The molecule has 3 aromatic carbocycles. The van der Waals surface area contributed by atoms with E-state index in [1.54, 1.807) is 54.6 Å². The second-order valence-electron chi connectivity index (χ2n) is 8.16. The van der Waals surface area contributed by atoms with Crippen molar-refractivity contribution in [2.24, 2.45) is 5.92 Å². The number of nitrogens with one attached hydrogen (secondary N) is 1. The quantitative estimate of drug-likeness (QED) is 0.252. The third-order valence-corrected chi connectivity index (χ3v) is 6.07. The van der Waals surface area contributed by atoms with Crippen LogP contribution in [0.2, 0.25) is 0 Å². The van der Waals surface area contributed by atoms with Gasteiger partial charge in [-0.3, -0.25) is 29.6 Å². The van der Waals surface area contributed by atoms with Crippen molar-refractivity contribution in [3.63, 3.8) is 0 Å². The second-order valence-corrected chi connectivity index (χ2v) is 9.08. The summed E-state index contributed by atoms with van der Waals surface area (Å²) >= 11 is 3.30. The van der Waals surface area contributed by atoms with Crippen molar-refractivity contribution < 1.29 is 33.4 Å². The number of rotatable bonds is 8. The Morgan fingerprint density at radius 3 is 2.19 bits per heavy atom. The third-order valence-electron chi connectivity index (χ3n) is 5.54. The van der Waals surface area contributed by atoms with Gasteiger partial charge in [-0.05, 0) is 60.7 Å². The molecule has 188 valence electrons. The molecule has 0 aliphatic carbocycles. The molecule has 1 aliphatic rings. The minimum atomic E-state index is -0.809. The average Bonchev–Trinajstić information content (AvgIpc) is 3.28. The van der Waals surface area contributed by atoms with Gasteiger partial charge in [-0.15, -0.1) is 0 Å². The van der Waals surface area contributed by atoms with Crippen LogP contribution >= 0.6 is 15.9 Å². The van der Waals surface area contributed by atoms with E-state index in [0.29, 0.717) is 11.1 Å². The second kappa shape index (κ2) is 11.6. The van der Waals surface area contributed by atoms with Crippen LogP contribution in [0.3, 0.4) is 0 Å². The SMILES string of the molecule is O=C(COC(=O)[C@H]1CC(=O)N(NC(=O)c2ccccc2)C1)c1ccc(OC(=O)c2ccc(Br)cc2)cc1. The summed E-state index contributed by atoms with van der Waals surface area (Å²) in [6.45, 7) is -0.569. The number of nitrogens with zero attached hydrogens (tertiary/aromatic N) is 1. The predicted molar refractivity (Wildman–Crippen MR) is 135 cm³/mol. The molecule has 1 atom stereocenters. The smallest absolute Gasteiger partial charge is 0.343 e. The molecule has 0 aromatic heterocycles. The molecule has 0 bridgehead atoms. The number of hydrogen-bond donors (Lipinski definition) is 1. The van der Waals surface area contributed by atoms with E-state index in [2.05, 4.69) is 21.4 Å². The first-order valence-electron chi connectivity index (χ1n) is 11.2. The van der Waals surface area contributed by atoms with Gasteiger partial charge in [0.2, 0.25) is 5.91 Å². The fraction of sp³-hybridized carbons (Fsp3) is 0.148. The van der Waals surface area contributed by atoms with Crippen LogP contribution in [0, 0.1) is 5.92 Å². The van der Waals surface area contributed by atoms with E-state index in [9.17, 15) is 24.0 Å². The maximum atomic E-state index is 12.5. The summed E-state index contributed by atoms with van der Waals surface area (Å²) in [5.74, 6) is -3.16. The van der Waals surface area contributed by atoms with Crippen molar-refractivity contribution >= 4 is 45.5 Å². The zero-order chi connectivity index (χ0) is 26.4. The monoisotopic (exact) mass is 564 g/mol. The molecule has 1 fully saturated rings. The van der Waals surface area contributed by atoms with Crippen molar-refractivity contribution in [2.45, 2.75) is 6.42 Å². The maximum Gasteiger partial charge on any atom is 0.343 e. The molecule has 3 aromatic rings. The number of halogens is 1. The number of carbonyl (C=O) groups is 5. The van der Waals surface area contributed by atoms with Gasteiger partial charge in [-0.2, -0.15) is 0 Å². The zero-order valence-electron chi connectivity index (χ0n) is 19.4. The van der Waals surface area contributed by atoms with Crippen LogP contribution in [0.4, 0.5) is 0 Å². The summed E-state index contributed by atoms with van der Waals surface area (Å²) < 4.78 is 11.3. The van der Waals surface area contributed by atoms with Gasteiger partial charge in [0.25, 0.3) is 5.91 Å². The summed E-state index contributed by atoms with van der Waals surface area (Å²) in [6.07, 6.45) is -0.138. The Labute approximate surface area is 220 Å². The molecule has 1 saturated heterocycles. The topological polar surface area (TPSA) is 119 Å². The number of esters is 2. The lowest BCUT2D eigenvalue weighted by Crippen LogP contribution is -2.43. The Bertz CT molecular complexity index is 1330. The van der Waals surface area contributed by atoms with E-state index < -0.39 is 42.1 Å². The number of hydrazine groups is 1. The molecular weight excluding hydrogens is 544 g/mol. The highest BCUT2D eigenvalue weighted by molar-refractivity contribution is 9.10. The van der Waals surface area contributed by atoms with E-state index in [4.69, 9.17) is 9.47 Å². The molecule has 1 N–H and O–H groups in total. The molecule has 0 spiro atoms. The van der Waals surface area contributed by atoms with Gasteiger partial charge in [0.05, 0.1) is 18.0 Å². The van der Waals surface area contributed by atoms with Gasteiger partial charge in [-0.1, -0.05) is 34.1 Å².